The summed E-state index contributed by atoms with van der Waals surface area (Å²) in [7, 11) is 0. The highest BCUT2D eigenvalue weighted by Crippen LogP contribution is 2.36. The van der Waals surface area contributed by atoms with Crippen LogP contribution in [0.3, 0.4) is 0 Å². The Morgan fingerprint density at radius 1 is 0.763 bits per heavy atom. The number of benzene rings is 4. The molecule has 5 aromatic rings. The fourth-order valence-electron chi connectivity index (χ4n) is 4.32. The Morgan fingerprint density at radius 3 is 2.03 bits per heavy atom. The summed E-state index contributed by atoms with van der Waals surface area (Å²) in [5.41, 5.74) is 6.03. The summed E-state index contributed by atoms with van der Waals surface area (Å²) >= 11 is 0. The van der Waals surface area contributed by atoms with Crippen LogP contribution < -0.4 is 5.32 Å². The van der Waals surface area contributed by atoms with Crippen LogP contribution >= 0.6 is 0 Å². The molecule has 0 amide bonds. The van der Waals surface area contributed by atoms with E-state index in [0.29, 0.717) is 6.54 Å². The van der Waals surface area contributed by atoms with Crippen molar-refractivity contribution in [3.05, 3.63) is 141 Å². The molecular weight excluding hydrogens is 480 g/mol. The van der Waals surface area contributed by atoms with Crippen LogP contribution in [0.15, 0.2) is 109 Å². The van der Waals surface area contributed by atoms with E-state index in [1.54, 1.807) is 24.3 Å². The Balaban J connectivity index is 1.67. The largest absolute Gasteiger partial charge is 0.381 e. The molecule has 0 saturated heterocycles. The number of nitro groups is 2. The Morgan fingerprint density at radius 2 is 1.37 bits per heavy atom. The van der Waals surface area contributed by atoms with Gasteiger partial charge in [-0.05, 0) is 65.2 Å². The normalized spacial score (nSPS) is 11.3. The zero-order valence-corrected chi connectivity index (χ0v) is 20.2. The summed E-state index contributed by atoms with van der Waals surface area (Å²) in [5, 5.41) is 26.8. The third-order valence-electron chi connectivity index (χ3n) is 6.19. The van der Waals surface area contributed by atoms with E-state index in [1.807, 2.05) is 66.9 Å². The van der Waals surface area contributed by atoms with E-state index >= 15 is 0 Å². The van der Waals surface area contributed by atoms with Crippen molar-refractivity contribution in [2.75, 3.05) is 11.9 Å². The van der Waals surface area contributed by atoms with Gasteiger partial charge in [0.05, 0.1) is 15.4 Å². The molecule has 0 aliphatic carbocycles. The van der Waals surface area contributed by atoms with Gasteiger partial charge in [0.1, 0.15) is 0 Å². The maximum absolute atomic E-state index is 11.3. The number of pyridine rings is 1. The monoisotopic (exact) mass is 502 g/mol. The predicted molar refractivity (Wildman–Crippen MR) is 150 cm³/mol. The fraction of sp³-hybridized carbons (Fsp3) is 0.0333. The van der Waals surface area contributed by atoms with Gasteiger partial charge in [-0.3, -0.25) is 25.2 Å². The van der Waals surface area contributed by atoms with E-state index in [4.69, 9.17) is 4.98 Å². The van der Waals surface area contributed by atoms with Crippen molar-refractivity contribution in [2.24, 2.45) is 0 Å². The van der Waals surface area contributed by atoms with Crippen LogP contribution in [-0.2, 0) is 0 Å². The first kappa shape index (κ1) is 24.3. The minimum absolute atomic E-state index is 0.0149. The lowest BCUT2D eigenvalue weighted by Crippen LogP contribution is -2.06. The quantitative estimate of drug-likeness (QED) is 0.175. The van der Waals surface area contributed by atoms with Crippen LogP contribution in [0, 0.1) is 20.2 Å². The topological polar surface area (TPSA) is 111 Å². The number of para-hydroxylation sites is 2. The Bertz CT molecular complexity index is 1650. The minimum atomic E-state index is -0.425. The molecular formula is C30H22N4O4. The highest BCUT2D eigenvalue weighted by molar-refractivity contribution is 6.02. The molecule has 0 fully saturated rings. The third-order valence-corrected chi connectivity index (χ3v) is 6.19. The molecule has 38 heavy (non-hydrogen) atoms. The molecule has 0 atom stereocenters. The maximum Gasteiger partial charge on any atom is 0.269 e. The van der Waals surface area contributed by atoms with Crippen LogP contribution in [0.1, 0.15) is 11.1 Å². The lowest BCUT2D eigenvalue weighted by Gasteiger charge is -2.17. The van der Waals surface area contributed by atoms with E-state index in [0.717, 1.165) is 44.4 Å². The lowest BCUT2D eigenvalue weighted by atomic mass is 9.91. The Labute approximate surface area is 218 Å². The Kier molecular flexibility index (Phi) is 6.86. The van der Waals surface area contributed by atoms with Crippen molar-refractivity contribution in [1.82, 2.24) is 4.98 Å². The van der Waals surface area contributed by atoms with E-state index < -0.39 is 9.85 Å². The summed E-state index contributed by atoms with van der Waals surface area (Å²) in [5.74, 6) is 0. The smallest absolute Gasteiger partial charge is 0.269 e. The number of aromatic nitrogens is 1. The second-order valence-corrected chi connectivity index (χ2v) is 8.61. The van der Waals surface area contributed by atoms with Gasteiger partial charge in [0.15, 0.2) is 0 Å². The van der Waals surface area contributed by atoms with Crippen LogP contribution in [0.4, 0.5) is 17.1 Å². The molecule has 0 unspecified atom stereocenters. The predicted octanol–water partition coefficient (Wildman–Crippen LogP) is 7.37. The molecule has 0 bridgehead atoms. The number of nitro benzene ring substituents is 2. The van der Waals surface area contributed by atoms with Crippen molar-refractivity contribution in [3.63, 3.8) is 0 Å². The van der Waals surface area contributed by atoms with Crippen LogP contribution in [0.2, 0.25) is 0 Å². The number of fused-ring (bicyclic) bond motifs is 1. The molecule has 1 heterocycles. The molecule has 1 N–H and O–H groups in total. The van der Waals surface area contributed by atoms with Crippen molar-refractivity contribution < 1.29 is 9.85 Å². The van der Waals surface area contributed by atoms with Crippen LogP contribution in [0.25, 0.3) is 33.7 Å². The van der Waals surface area contributed by atoms with Crippen LogP contribution in [-0.4, -0.2) is 21.4 Å². The first-order chi connectivity index (χ1) is 18.5. The number of nitrogens with zero attached hydrogens (tertiary/aromatic N) is 3. The molecule has 186 valence electrons. The Hall–Kier alpha value is -5.37. The molecule has 0 spiro atoms. The number of hydrogen-bond acceptors (Lipinski definition) is 6. The number of nitrogens with one attached hydrogen (secondary N) is 1. The summed E-state index contributed by atoms with van der Waals surface area (Å²) in [6.45, 7) is 0.445. The van der Waals surface area contributed by atoms with E-state index in [1.165, 1.54) is 24.3 Å². The molecule has 8 heteroatoms. The molecule has 0 aliphatic rings. The zero-order valence-electron chi connectivity index (χ0n) is 20.2. The molecule has 0 radical (unpaired) electrons. The average Bonchev–Trinajstić information content (AvgIpc) is 2.95. The molecule has 5 rings (SSSR count). The van der Waals surface area contributed by atoms with Gasteiger partial charge >= 0.3 is 0 Å². The number of non-ortho nitro benzene ring substituents is 2. The van der Waals surface area contributed by atoms with E-state index in [-0.39, 0.29) is 11.4 Å². The molecule has 8 nitrogen and oxygen atoms in total. The van der Waals surface area contributed by atoms with Gasteiger partial charge in [-0.2, -0.15) is 0 Å². The summed E-state index contributed by atoms with van der Waals surface area (Å²) in [4.78, 5) is 26.3. The minimum Gasteiger partial charge on any atom is -0.381 e. The average molecular weight is 503 g/mol. The summed E-state index contributed by atoms with van der Waals surface area (Å²) in [6.07, 6.45) is 3.78. The maximum atomic E-state index is 11.3. The second kappa shape index (κ2) is 10.7. The van der Waals surface area contributed by atoms with Crippen molar-refractivity contribution in [3.8, 4) is 11.1 Å². The van der Waals surface area contributed by atoms with E-state index in [2.05, 4.69) is 5.32 Å². The molecule has 1 aromatic heterocycles. The van der Waals surface area contributed by atoms with E-state index in [9.17, 15) is 20.2 Å². The highest BCUT2D eigenvalue weighted by atomic mass is 16.6. The van der Waals surface area contributed by atoms with Crippen LogP contribution in [0.5, 0.6) is 0 Å². The van der Waals surface area contributed by atoms with Gasteiger partial charge in [0.25, 0.3) is 11.4 Å². The SMILES string of the molecule is O=[N+]([O-])c1ccc(/C=C(\CNc2ccccc2)c2cnc3ccccc3c2-c2ccc([N+](=O)[O-])cc2)cc1. The molecule has 0 aliphatic heterocycles. The fourth-order valence-corrected chi connectivity index (χ4v) is 4.32. The third kappa shape index (κ3) is 5.24. The van der Waals surface area contributed by atoms with Crippen molar-refractivity contribution in [1.29, 1.82) is 0 Å². The van der Waals surface area contributed by atoms with Gasteiger partial charge in [-0.25, -0.2) is 0 Å². The zero-order chi connectivity index (χ0) is 26.5. The summed E-state index contributed by atoms with van der Waals surface area (Å²) in [6, 6.07) is 30.4. The number of hydrogen-bond donors (Lipinski definition) is 1. The molecule has 0 saturated carbocycles. The number of anilines is 1. The standard InChI is InChI=1S/C30H22N4O4/c35-33(36)25-14-10-21(11-15-25)18-23(19-31-24-6-2-1-3-7-24)28-20-32-29-9-5-4-8-27(29)30(28)22-12-16-26(17-13-22)34(37)38/h1-18,20,31H,19H2/b23-18+. The lowest BCUT2D eigenvalue weighted by molar-refractivity contribution is -0.385. The van der Waals surface area contributed by atoms with Crippen molar-refractivity contribution in [2.45, 2.75) is 0 Å². The van der Waals surface area contributed by atoms with Gasteiger partial charge < -0.3 is 5.32 Å². The summed E-state index contributed by atoms with van der Waals surface area (Å²) < 4.78 is 0. The van der Waals surface area contributed by atoms with Gasteiger partial charge in [-0.1, -0.05) is 36.4 Å². The molecule has 4 aromatic carbocycles. The van der Waals surface area contributed by atoms with Gasteiger partial charge in [-0.15, -0.1) is 0 Å². The van der Waals surface area contributed by atoms with Gasteiger partial charge in [0, 0.05) is 59.2 Å². The first-order valence-electron chi connectivity index (χ1n) is 11.9. The second-order valence-electron chi connectivity index (χ2n) is 8.61. The van der Waals surface area contributed by atoms with Gasteiger partial charge in [0.2, 0.25) is 0 Å². The highest BCUT2D eigenvalue weighted by Gasteiger charge is 2.16. The van der Waals surface area contributed by atoms with Crippen molar-refractivity contribution >= 4 is 39.6 Å². The first-order valence-corrected chi connectivity index (χ1v) is 11.9. The number of rotatable bonds is 8.